The number of carbonyl (C=O) groups is 1. The molecule has 3 nitrogen and oxygen atoms in total. The second-order valence-corrected chi connectivity index (χ2v) is 3.98. The summed E-state index contributed by atoms with van der Waals surface area (Å²) in [5.74, 6) is -0.433. The maximum Gasteiger partial charge on any atom is 0.244 e. The molecule has 0 aliphatic carbocycles. The lowest BCUT2D eigenvalue weighted by Gasteiger charge is -2.21. The van der Waals surface area contributed by atoms with Crippen LogP contribution < -0.4 is 10.6 Å². The molecule has 0 unspecified atom stereocenters. The van der Waals surface area contributed by atoms with E-state index in [1.54, 1.807) is 0 Å². The van der Waals surface area contributed by atoms with Crippen LogP contribution in [0.15, 0.2) is 36.4 Å². The van der Waals surface area contributed by atoms with Crippen LogP contribution in [-0.4, -0.2) is 19.0 Å². The Balaban J connectivity index is 2.74. The quantitative estimate of drug-likeness (QED) is 0.764. The summed E-state index contributed by atoms with van der Waals surface area (Å²) in [5, 5.41) is 0. The average molecular weight is 232 g/mol. The topological polar surface area (TPSA) is 46.3 Å². The molecule has 0 atom stereocenters. The van der Waals surface area contributed by atoms with Crippen LogP contribution in [-0.2, 0) is 11.2 Å². The number of nitrogens with zero attached hydrogens (tertiary/aromatic N) is 1. The molecular formula is C14H20N2O. The third kappa shape index (κ3) is 3.63. The highest BCUT2D eigenvalue weighted by Crippen LogP contribution is 2.16. The number of benzene rings is 1. The Labute approximate surface area is 103 Å². The third-order valence-electron chi connectivity index (χ3n) is 2.83. The van der Waals surface area contributed by atoms with Crippen molar-refractivity contribution in [1.29, 1.82) is 0 Å². The van der Waals surface area contributed by atoms with Gasteiger partial charge in [0.15, 0.2) is 0 Å². The molecule has 1 rings (SSSR count). The van der Waals surface area contributed by atoms with Gasteiger partial charge in [-0.2, -0.15) is 0 Å². The van der Waals surface area contributed by atoms with Crippen molar-refractivity contribution in [3.8, 4) is 0 Å². The molecule has 92 valence electrons. The summed E-state index contributed by atoms with van der Waals surface area (Å²) in [6.07, 6.45) is 0.522. The van der Waals surface area contributed by atoms with Gasteiger partial charge in [0.2, 0.25) is 5.91 Å². The van der Waals surface area contributed by atoms with Gasteiger partial charge in [-0.15, -0.1) is 0 Å². The standard InChI is InChI=1S/C14H20N2O/c1-4-16(5-2)13-8-6-12(7-9-13)10-11(3)14(15)17/h6-9H,3-5,10H2,1-2H3,(H2,15,17). The van der Waals surface area contributed by atoms with Crippen molar-refractivity contribution >= 4 is 11.6 Å². The van der Waals surface area contributed by atoms with Crippen molar-refractivity contribution in [1.82, 2.24) is 0 Å². The molecule has 0 saturated heterocycles. The molecule has 3 heteroatoms. The molecular weight excluding hydrogens is 212 g/mol. The molecule has 17 heavy (non-hydrogen) atoms. The van der Waals surface area contributed by atoms with Gasteiger partial charge in [0, 0.05) is 30.8 Å². The molecule has 0 radical (unpaired) electrons. The Morgan fingerprint density at radius 2 is 1.76 bits per heavy atom. The minimum atomic E-state index is -0.433. The third-order valence-corrected chi connectivity index (χ3v) is 2.83. The molecule has 1 aromatic carbocycles. The van der Waals surface area contributed by atoms with E-state index in [9.17, 15) is 4.79 Å². The molecule has 1 amide bonds. The van der Waals surface area contributed by atoms with Gasteiger partial charge in [-0.05, 0) is 31.5 Å². The summed E-state index contributed by atoms with van der Waals surface area (Å²) in [6, 6.07) is 8.16. The largest absolute Gasteiger partial charge is 0.372 e. The molecule has 2 N–H and O–H groups in total. The predicted octanol–water partition coefficient (Wildman–Crippen LogP) is 2.12. The van der Waals surface area contributed by atoms with Crippen LogP contribution in [0.1, 0.15) is 19.4 Å². The lowest BCUT2D eigenvalue weighted by Crippen LogP contribution is -2.21. The number of anilines is 1. The second kappa shape index (κ2) is 6.09. The van der Waals surface area contributed by atoms with Crippen molar-refractivity contribution in [2.45, 2.75) is 20.3 Å². The minimum absolute atomic E-state index is 0.433. The minimum Gasteiger partial charge on any atom is -0.372 e. The number of hydrogen-bond acceptors (Lipinski definition) is 2. The van der Waals surface area contributed by atoms with E-state index in [0.29, 0.717) is 12.0 Å². The maximum atomic E-state index is 10.9. The van der Waals surface area contributed by atoms with Crippen LogP contribution in [0.25, 0.3) is 0 Å². The van der Waals surface area contributed by atoms with Crippen LogP contribution in [0.5, 0.6) is 0 Å². The van der Waals surface area contributed by atoms with E-state index in [2.05, 4.69) is 37.5 Å². The Morgan fingerprint density at radius 3 is 2.18 bits per heavy atom. The van der Waals surface area contributed by atoms with E-state index in [0.717, 1.165) is 18.7 Å². The highest BCUT2D eigenvalue weighted by atomic mass is 16.1. The molecule has 1 aromatic rings. The smallest absolute Gasteiger partial charge is 0.244 e. The first-order chi connectivity index (χ1) is 8.08. The van der Waals surface area contributed by atoms with Gasteiger partial charge in [-0.25, -0.2) is 0 Å². The Bertz CT molecular complexity index is 391. The summed E-state index contributed by atoms with van der Waals surface area (Å²) in [5.41, 5.74) is 7.86. The van der Waals surface area contributed by atoms with E-state index in [4.69, 9.17) is 5.73 Å². The fraction of sp³-hybridized carbons (Fsp3) is 0.357. The Morgan fingerprint density at radius 1 is 1.24 bits per heavy atom. The van der Waals surface area contributed by atoms with E-state index < -0.39 is 5.91 Å². The number of nitrogens with two attached hydrogens (primary N) is 1. The Hall–Kier alpha value is -1.77. The molecule has 0 bridgehead atoms. The van der Waals surface area contributed by atoms with E-state index >= 15 is 0 Å². The number of amides is 1. The van der Waals surface area contributed by atoms with Gasteiger partial charge < -0.3 is 10.6 Å². The summed E-state index contributed by atoms with van der Waals surface area (Å²) in [6.45, 7) is 9.90. The summed E-state index contributed by atoms with van der Waals surface area (Å²) >= 11 is 0. The van der Waals surface area contributed by atoms with Crippen molar-refractivity contribution in [3.63, 3.8) is 0 Å². The molecule has 0 aliphatic heterocycles. The SMILES string of the molecule is C=C(Cc1ccc(N(CC)CC)cc1)C(N)=O. The van der Waals surface area contributed by atoms with Crippen molar-refractivity contribution in [2.24, 2.45) is 5.73 Å². The van der Waals surface area contributed by atoms with Gasteiger partial charge in [-0.1, -0.05) is 18.7 Å². The Kier molecular flexibility index (Phi) is 4.76. The zero-order valence-electron chi connectivity index (χ0n) is 10.6. The lowest BCUT2D eigenvalue weighted by molar-refractivity contribution is -0.114. The maximum absolute atomic E-state index is 10.9. The van der Waals surface area contributed by atoms with Gasteiger partial charge >= 0.3 is 0 Å². The number of hydrogen-bond donors (Lipinski definition) is 1. The lowest BCUT2D eigenvalue weighted by atomic mass is 10.1. The zero-order valence-corrected chi connectivity index (χ0v) is 10.6. The van der Waals surface area contributed by atoms with Crippen LogP contribution in [0.2, 0.25) is 0 Å². The fourth-order valence-electron chi connectivity index (χ4n) is 1.75. The van der Waals surface area contributed by atoms with Crippen molar-refractivity contribution in [2.75, 3.05) is 18.0 Å². The molecule has 0 saturated carbocycles. The number of rotatable bonds is 6. The highest BCUT2D eigenvalue weighted by molar-refractivity contribution is 5.91. The van der Waals surface area contributed by atoms with Gasteiger partial charge in [-0.3, -0.25) is 4.79 Å². The van der Waals surface area contributed by atoms with Gasteiger partial charge in [0.1, 0.15) is 0 Å². The zero-order chi connectivity index (χ0) is 12.8. The van der Waals surface area contributed by atoms with Gasteiger partial charge in [0.25, 0.3) is 0 Å². The fourth-order valence-corrected chi connectivity index (χ4v) is 1.75. The number of primary amides is 1. The van der Waals surface area contributed by atoms with Crippen LogP contribution in [0.4, 0.5) is 5.69 Å². The normalized spacial score (nSPS) is 10.0. The van der Waals surface area contributed by atoms with Crippen LogP contribution in [0.3, 0.4) is 0 Å². The van der Waals surface area contributed by atoms with E-state index in [1.807, 2.05) is 12.1 Å². The molecule has 0 fully saturated rings. The first-order valence-corrected chi connectivity index (χ1v) is 5.90. The average Bonchev–Trinajstić information content (AvgIpc) is 2.32. The highest BCUT2D eigenvalue weighted by Gasteiger charge is 2.05. The van der Waals surface area contributed by atoms with Crippen LogP contribution in [0, 0.1) is 0 Å². The summed E-state index contributed by atoms with van der Waals surface area (Å²) in [7, 11) is 0. The monoisotopic (exact) mass is 232 g/mol. The van der Waals surface area contributed by atoms with E-state index in [1.165, 1.54) is 5.69 Å². The first-order valence-electron chi connectivity index (χ1n) is 5.90. The van der Waals surface area contributed by atoms with Crippen molar-refractivity contribution in [3.05, 3.63) is 42.0 Å². The van der Waals surface area contributed by atoms with Gasteiger partial charge in [0.05, 0.1) is 0 Å². The molecule has 0 spiro atoms. The van der Waals surface area contributed by atoms with Crippen LogP contribution >= 0.6 is 0 Å². The molecule has 0 aliphatic rings. The van der Waals surface area contributed by atoms with Crippen molar-refractivity contribution < 1.29 is 4.79 Å². The summed E-state index contributed by atoms with van der Waals surface area (Å²) in [4.78, 5) is 13.2. The predicted molar refractivity (Wildman–Crippen MR) is 72.0 cm³/mol. The molecule has 0 heterocycles. The van der Waals surface area contributed by atoms with E-state index in [-0.39, 0.29) is 0 Å². The first kappa shape index (κ1) is 13.3. The number of carbonyl (C=O) groups excluding carboxylic acids is 1. The second-order valence-electron chi connectivity index (χ2n) is 3.98. The summed E-state index contributed by atoms with van der Waals surface area (Å²) < 4.78 is 0. The molecule has 0 aromatic heterocycles.